The van der Waals surface area contributed by atoms with Gasteiger partial charge in [0, 0.05) is 22.6 Å². The number of carbonyl (C=O) groups is 1. The van der Waals surface area contributed by atoms with Gasteiger partial charge in [0.15, 0.2) is 0 Å². The number of rotatable bonds is 3. The maximum atomic E-state index is 12.1. The molecule has 6 heteroatoms. The van der Waals surface area contributed by atoms with Gasteiger partial charge in [-0.15, -0.1) is 0 Å². The molecule has 0 radical (unpaired) electrons. The molecular weight excluding hydrogens is 334 g/mol. The van der Waals surface area contributed by atoms with Gasteiger partial charge >= 0.3 is 0 Å². The summed E-state index contributed by atoms with van der Waals surface area (Å²) in [5.74, 6) is -0.143. The number of anilines is 1. The summed E-state index contributed by atoms with van der Waals surface area (Å²) in [6.45, 7) is 0.156. The zero-order chi connectivity index (χ0) is 14.8. The molecule has 0 aliphatic heterocycles. The van der Waals surface area contributed by atoms with Crippen molar-refractivity contribution in [1.82, 2.24) is 9.55 Å². The molecule has 0 fully saturated rings. The van der Waals surface area contributed by atoms with Gasteiger partial charge in [-0.25, -0.2) is 0 Å². The Kier molecular flexibility index (Phi) is 3.62. The van der Waals surface area contributed by atoms with E-state index in [1.807, 2.05) is 24.3 Å². The monoisotopic (exact) mass is 345 g/mol. The van der Waals surface area contributed by atoms with Gasteiger partial charge in [0.2, 0.25) is 5.91 Å². The molecule has 0 saturated heterocycles. The number of aromatic nitrogens is 2. The van der Waals surface area contributed by atoms with Crippen LogP contribution in [0.4, 0.5) is 5.69 Å². The van der Waals surface area contributed by atoms with Crippen molar-refractivity contribution in [3.8, 4) is 0 Å². The molecule has 1 aromatic carbocycles. The van der Waals surface area contributed by atoms with Crippen molar-refractivity contribution in [2.75, 3.05) is 5.32 Å². The maximum absolute atomic E-state index is 12.1. The van der Waals surface area contributed by atoms with Gasteiger partial charge in [0.25, 0.3) is 5.56 Å². The van der Waals surface area contributed by atoms with Crippen molar-refractivity contribution in [1.29, 1.82) is 0 Å². The predicted molar refractivity (Wildman–Crippen MR) is 85.3 cm³/mol. The van der Waals surface area contributed by atoms with Gasteiger partial charge in [-0.2, -0.15) is 0 Å². The second-order valence-electron chi connectivity index (χ2n) is 4.60. The van der Waals surface area contributed by atoms with Gasteiger partial charge in [0.05, 0.1) is 10.9 Å². The fourth-order valence-corrected chi connectivity index (χ4v) is 2.43. The van der Waals surface area contributed by atoms with Crippen molar-refractivity contribution in [3.05, 3.63) is 63.6 Å². The molecule has 3 rings (SSSR count). The van der Waals surface area contributed by atoms with E-state index in [1.54, 1.807) is 29.1 Å². The van der Waals surface area contributed by atoms with Crippen LogP contribution in [0.1, 0.15) is 0 Å². The molecule has 0 unspecified atom stereocenters. The minimum Gasteiger partial charge on any atom is -0.338 e. The van der Waals surface area contributed by atoms with E-state index in [9.17, 15) is 9.59 Å². The van der Waals surface area contributed by atoms with Crippen molar-refractivity contribution in [3.63, 3.8) is 0 Å². The Morgan fingerprint density at radius 3 is 2.71 bits per heavy atom. The summed E-state index contributed by atoms with van der Waals surface area (Å²) >= 11 is 3.34. The molecular formula is C15H12BrN3O2. The van der Waals surface area contributed by atoms with Gasteiger partial charge in [-0.1, -0.05) is 15.9 Å². The molecule has 2 aromatic heterocycles. The van der Waals surface area contributed by atoms with Crippen LogP contribution in [0.15, 0.2) is 58.1 Å². The first kappa shape index (κ1) is 13.6. The quantitative estimate of drug-likeness (QED) is 0.766. The third kappa shape index (κ3) is 2.90. The molecule has 0 spiro atoms. The van der Waals surface area contributed by atoms with Gasteiger partial charge in [0.1, 0.15) is 6.54 Å². The largest absolute Gasteiger partial charge is 0.338 e. The minimum atomic E-state index is -0.153. The summed E-state index contributed by atoms with van der Waals surface area (Å²) in [6, 6.07) is 10.9. The second kappa shape index (κ2) is 5.57. The Bertz CT molecular complexity index is 849. The molecule has 0 aliphatic carbocycles. The van der Waals surface area contributed by atoms with Crippen molar-refractivity contribution >= 4 is 38.4 Å². The molecule has 0 saturated carbocycles. The highest BCUT2D eigenvalue weighted by Gasteiger charge is 2.08. The maximum Gasteiger partial charge on any atom is 0.257 e. The fraction of sp³-hybridized carbons (Fsp3) is 0.0667. The Morgan fingerprint density at radius 1 is 1.19 bits per heavy atom. The van der Waals surface area contributed by atoms with Crippen molar-refractivity contribution in [2.45, 2.75) is 6.54 Å². The molecule has 2 N–H and O–H groups in total. The van der Waals surface area contributed by atoms with Crippen molar-refractivity contribution in [2.24, 2.45) is 0 Å². The molecule has 0 bridgehead atoms. The number of H-pyrrole nitrogens is 1. The van der Waals surface area contributed by atoms with Crippen LogP contribution in [-0.2, 0) is 11.3 Å². The molecule has 5 nitrogen and oxygen atoms in total. The first-order chi connectivity index (χ1) is 10.1. The van der Waals surface area contributed by atoms with E-state index in [1.165, 1.54) is 0 Å². The van der Waals surface area contributed by atoms with Crippen LogP contribution in [0.25, 0.3) is 10.9 Å². The summed E-state index contributed by atoms with van der Waals surface area (Å²) in [4.78, 5) is 26.3. The van der Waals surface area contributed by atoms with Gasteiger partial charge in [-0.3, -0.25) is 9.59 Å². The minimum absolute atomic E-state index is 0.143. The first-order valence-corrected chi connectivity index (χ1v) is 7.15. The van der Waals surface area contributed by atoms with Crippen molar-refractivity contribution < 1.29 is 4.79 Å². The Hall–Kier alpha value is -2.34. The lowest BCUT2D eigenvalue weighted by atomic mass is 10.3. The second-order valence-corrected chi connectivity index (χ2v) is 5.52. The van der Waals surface area contributed by atoms with E-state index >= 15 is 0 Å². The number of nitrogens with one attached hydrogen (secondary N) is 2. The summed E-state index contributed by atoms with van der Waals surface area (Å²) in [5, 5.41) is 3.40. The first-order valence-electron chi connectivity index (χ1n) is 6.35. The molecule has 3 aromatic rings. The number of halogens is 1. The van der Waals surface area contributed by atoms with E-state index in [4.69, 9.17) is 0 Å². The van der Waals surface area contributed by atoms with Gasteiger partial charge < -0.3 is 14.9 Å². The molecule has 21 heavy (non-hydrogen) atoms. The highest BCUT2D eigenvalue weighted by molar-refractivity contribution is 9.10. The fourth-order valence-electron chi connectivity index (χ4n) is 2.16. The molecule has 106 valence electrons. The zero-order valence-corrected chi connectivity index (χ0v) is 12.6. The molecule has 0 atom stereocenters. The lowest BCUT2D eigenvalue weighted by Gasteiger charge is -2.07. The standard InChI is InChI=1S/C15H12BrN3O2/c16-10-1-3-11(4-2-10)18-14(20)9-19-8-6-12-13(19)5-7-17-15(12)21/h1-8H,9H2,(H,17,21)(H,18,20). The highest BCUT2D eigenvalue weighted by Crippen LogP contribution is 2.15. The SMILES string of the molecule is O=C(Cn1ccc2c(=O)[nH]ccc21)Nc1ccc(Br)cc1. The van der Waals surface area contributed by atoms with E-state index in [0.717, 1.165) is 15.7 Å². The van der Waals surface area contributed by atoms with Crippen LogP contribution in [0.3, 0.4) is 0 Å². The predicted octanol–water partition coefficient (Wildman–Crippen LogP) is 2.73. The number of hydrogen-bond donors (Lipinski definition) is 2. The van der Waals surface area contributed by atoms with Crippen LogP contribution in [0.5, 0.6) is 0 Å². The smallest absolute Gasteiger partial charge is 0.257 e. The average molecular weight is 346 g/mol. The molecule has 1 amide bonds. The van der Waals surface area contributed by atoms with E-state index in [0.29, 0.717) is 5.39 Å². The average Bonchev–Trinajstić information content (AvgIpc) is 2.86. The van der Waals surface area contributed by atoms with E-state index < -0.39 is 0 Å². The summed E-state index contributed by atoms with van der Waals surface area (Å²) in [5.41, 5.74) is 1.32. The summed E-state index contributed by atoms with van der Waals surface area (Å²) < 4.78 is 2.70. The zero-order valence-electron chi connectivity index (χ0n) is 11.0. The number of benzene rings is 1. The Balaban J connectivity index is 1.79. The van der Waals surface area contributed by atoms with Crippen LogP contribution in [0.2, 0.25) is 0 Å². The van der Waals surface area contributed by atoms with Crippen LogP contribution in [0, 0.1) is 0 Å². The van der Waals surface area contributed by atoms with E-state index in [-0.39, 0.29) is 18.0 Å². The Morgan fingerprint density at radius 2 is 1.95 bits per heavy atom. The number of carbonyl (C=O) groups excluding carboxylic acids is 1. The summed E-state index contributed by atoms with van der Waals surface area (Å²) in [7, 11) is 0. The van der Waals surface area contributed by atoms with Gasteiger partial charge in [-0.05, 0) is 36.4 Å². The third-order valence-corrected chi connectivity index (χ3v) is 3.68. The molecule has 2 heterocycles. The number of pyridine rings is 1. The number of nitrogens with zero attached hydrogens (tertiary/aromatic N) is 1. The highest BCUT2D eigenvalue weighted by atomic mass is 79.9. The van der Waals surface area contributed by atoms with Crippen LogP contribution < -0.4 is 10.9 Å². The number of amides is 1. The lowest BCUT2D eigenvalue weighted by molar-refractivity contribution is -0.116. The van der Waals surface area contributed by atoms with Crippen LogP contribution in [-0.4, -0.2) is 15.5 Å². The van der Waals surface area contributed by atoms with Crippen LogP contribution >= 0.6 is 15.9 Å². The lowest BCUT2D eigenvalue weighted by Crippen LogP contribution is -2.18. The number of hydrogen-bond acceptors (Lipinski definition) is 2. The normalized spacial score (nSPS) is 10.7. The summed E-state index contributed by atoms with van der Waals surface area (Å²) in [6.07, 6.45) is 3.31. The Labute approximate surface area is 128 Å². The molecule has 0 aliphatic rings. The topological polar surface area (TPSA) is 66.9 Å². The number of aromatic amines is 1. The van der Waals surface area contributed by atoms with E-state index in [2.05, 4.69) is 26.2 Å². The third-order valence-electron chi connectivity index (χ3n) is 3.15. The number of fused-ring (bicyclic) bond motifs is 1.